The third-order valence-electron chi connectivity index (χ3n) is 2.93. The van der Waals surface area contributed by atoms with E-state index in [1.165, 1.54) is 30.1 Å². The molecule has 0 saturated carbocycles. The lowest BCUT2D eigenvalue weighted by molar-refractivity contribution is -0.645. The van der Waals surface area contributed by atoms with Crippen LogP contribution in [0.15, 0.2) is 53.7 Å². The van der Waals surface area contributed by atoms with Crippen LogP contribution in [0.5, 0.6) is 0 Å². The molecule has 0 aliphatic rings. The van der Waals surface area contributed by atoms with E-state index in [1.54, 1.807) is 37.3 Å². The Morgan fingerprint density at radius 2 is 1.87 bits per heavy atom. The number of ketones is 1. The monoisotopic (exact) mass is 352 g/mol. The van der Waals surface area contributed by atoms with Gasteiger partial charge >= 0.3 is 0 Å². The molecule has 8 heteroatoms. The summed E-state index contributed by atoms with van der Waals surface area (Å²) in [6.45, 7) is 1.72. The van der Waals surface area contributed by atoms with Crippen molar-refractivity contribution >= 4 is 33.3 Å². The summed E-state index contributed by atoms with van der Waals surface area (Å²) in [4.78, 5) is 12.4. The van der Waals surface area contributed by atoms with Gasteiger partial charge < -0.3 is 5.21 Å². The zero-order chi connectivity index (χ0) is 17.0. The molecular formula is C15H16N2O4S2. The van der Waals surface area contributed by atoms with Gasteiger partial charge in [0, 0.05) is 23.4 Å². The van der Waals surface area contributed by atoms with Crippen LogP contribution in [0.1, 0.15) is 17.3 Å². The fraction of sp³-hybridized carbons (Fsp3) is 0.200. The van der Waals surface area contributed by atoms with Crippen LogP contribution in [-0.2, 0) is 10.0 Å². The zero-order valence-corrected chi connectivity index (χ0v) is 14.2. The van der Waals surface area contributed by atoms with E-state index >= 15 is 0 Å². The number of hydrogen-bond acceptors (Lipinski definition) is 5. The van der Waals surface area contributed by atoms with Crippen LogP contribution < -0.4 is 9.45 Å². The maximum absolute atomic E-state index is 12.4. The van der Waals surface area contributed by atoms with Crippen molar-refractivity contribution in [2.45, 2.75) is 17.2 Å². The van der Waals surface area contributed by atoms with E-state index in [4.69, 9.17) is 0 Å². The van der Waals surface area contributed by atoms with E-state index in [0.29, 0.717) is 21.0 Å². The highest BCUT2D eigenvalue weighted by Crippen LogP contribution is 2.23. The van der Waals surface area contributed by atoms with Crippen LogP contribution in [0.4, 0.5) is 5.69 Å². The van der Waals surface area contributed by atoms with Crippen LogP contribution >= 0.6 is 11.8 Å². The fourth-order valence-corrected chi connectivity index (χ4v) is 3.38. The average molecular weight is 352 g/mol. The molecule has 23 heavy (non-hydrogen) atoms. The largest absolute Gasteiger partial charge is 0.618 e. The van der Waals surface area contributed by atoms with E-state index in [0.717, 1.165) is 6.26 Å². The van der Waals surface area contributed by atoms with E-state index in [-0.39, 0.29) is 5.78 Å². The molecule has 0 bridgehead atoms. The molecule has 0 saturated heterocycles. The van der Waals surface area contributed by atoms with Crippen molar-refractivity contribution in [3.8, 4) is 0 Å². The quantitative estimate of drug-likeness (QED) is 0.372. The predicted molar refractivity (Wildman–Crippen MR) is 90.0 cm³/mol. The van der Waals surface area contributed by atoms with Crippen molar-refractivity contribution in [3.05, 3.63) is 59.4 Å². The zero-order valence-electron chi connectivity index (χ0n) is 12.6. The fourth-order valence-electron chi connectivity index (χ4n) is 1.89. The van der Waals surface area contributed by atoms with Crippen LogP contribution in [0, 0.1) is 5.21 Å². The maximum atomic E-state index is 12.4. The van der Waals surface area contributed by atoms with E-state index < -0.39 is 15.3 Å². The van der Waals surface area contributed by atoms with Crippen molar-refractivity contribution < 1.29 is 17.9 Å². The highest BCUT2D eigenvalue weighted by molar-refractivity contribution is 8.00. The molecule has 0 fully saturated rings. The minimum absolute atomic E-state index is 0.134. The Labute approximate surface area is 139 Å². The van der Waals surface area contributed by atoms with E-state index in [2.05, 4.69) is 4.72 Å². The number of pyridine rings is 1. The van der Waals surface area contributed by atoms with Gasteiger partial charge in [0.05, 0.1) is 11.5 Å². The minimum Gasteiger partial charge on any atom is -0.618 e. The molecule has 0 spiro atoms. The van der Waals surface area contributed by atoms with Crippen LogP contribution in [0.2, 0.25) is 0 Å². The van der Waals surface area contributed by atoms with Gasteiger partial charge in [0.15, 0.2) is 12.0 Å². The van der Waals surface area contributed by atoms with Crippen molar-refractivity contribution in [1.82, 2.24) is 0 Å². The smallest absolute Gasteiger partial charge is 0.252 e. The number of benzene rings is 1. The Kier molecular flexibility index (Phi) is 5.27. The molecule has 6 nitrogen and oxygen atoms in total. The molecule has 1 aromatic carbocycles. The van der Waals surface area contributed by atoms with Crippen molar-refractivity contribution in [1.29, 1.82) is 0 Å². The van der Waals surface area contributed by atoms with Crippen LogP contribution in [-0.4, -0.2) is 25.7 Å². The second-order valence-electron chi connectivity index (χ2n) is 4.94. The number of rotatable bonds is 6. The third kappa shape index (κ3) is 4.97. The van der Waals surface area contributed by atoms with Gasteiger partial charge in [-0.25, -0.2) is 8.42 Å². The number of sulfonamides is 1. The highest BCUT2D eigenvalue weighted by atomic mass is 32.2. The molecule has 1 atom stereocenters. The lowest BCUT2D eigenvalue weighted by Gasteiger charge is -2.10. The number of nitrogens with zero attached hydrogens (tertiary/aromatic N) is 1. The molecule has 2 aromatic rings. The number of hydrogen-bond donors (Lipinski definition) is 1. The first-order chi connectivity index (χ1) is 10.8. The Hall–Kier alpha value is -2.06. The summed E-state index contributed by atoms with van der Waals surface area (Å²) in [5.41, 5.74) is 0.849. The van der Waals surface area contributed by atoms with Gasteiger partial charge in [-0.3, -0.25) is 9.52 Å². The van der Waals surface area contributed by atoms with Crippen molar-refractivity contribution in [2.24, 2.45) is 0 Å². The summed E-state index contributed by atoms with van der Waals surface area (Å²) < 4.78 is 25.3. The average Bonchev–Trinajstić information content (AvgIpc) is 2.48. The Balaban J connectivity index is 2.09. The topological polar surface area (TPSA) is 90.2 Å². The van der Waals surface area contributed by atoms with Gasteiger partial charge in [0.25, 0.3) is 5.03 Å². The second-order valence-corrected chi connectivity index (χ2v) is 8.05. The summed E-state index contributed by atoms with van der Waals surface area (Å²) in [7, 11) is -3.35. The molecule has 1 heterocycles. The summed E-state index contributed by atoms with van der Waals surface area (Å²) in [5, 5.41) is 11.6. The molecule has 0 aliphatic carbocycles. The maximum Gasteiger partial charge on any atom is 0.252 e. The number of carbonyl (C=O) groups excluding carboxylic acids is 1. The normalized spacial score (nSPS) is 12.6. The number of thioether (sulfide) groups is 1. The first-order valence-electron chi connectivity index (χ1n) is 6.73. The minimum atomic E-state index is -3.35. The van der Waals surface area contributed by atoms with E-state index in [1.807, 2.05) is 0 Å². The Morgan fingerprint density at radius 1 is 1.22 bits per heavy atom. The molecule has 2 rings (SSSR count). The molecule has 122 valence electrons. The van der Waals surface area contributed by atoms with Crippen LogP contribution in [0.3, 0.4) is 0 Å². The number of aromatic nitrogens is 1. The van der Waals surface area contributed by atoms with Crippen molar-refractivity contribution in [3.63, 3.8) is 0 Å². The summed E-state index contributed by atoms with van der Waals surface area (Å²) in [6, 6.07) is 11.2. The second kappa shape index (κ2) is 7.01. The SMILES string of the molecule is C[C@H](Sc1cccc[n+]1[O-])C(=O)c1ccc(NS(C)(=O)=O)cc1. The van der Waals surface area contributed by atoms with Gasteiger partial charge in [-0.2, -0.15) is 4.73 Å². The summed E-state index contributed by atoms with van der Waals surface area (Å²) >= 11 is 1.18. The molecule has 0 unspecified atom stereocenters. The van der Waals surface area contributed by atoms with Gasteiger partial charge in [0.1, 0.15) is 0 Å². The number of Topliss-reactive ketones (excluding diaryl/α,β-unsaturated/α-hetero) is 1. The molecule has 0 radical (unpaired) electrons. The summed E-state index contributed by atoms with van der Waals surface area (Å²) in [5.74, 6) is -0.134. The molecule has 1 aromatic heterocycles. The molecular weight excluding hydrogens is 336 g/mol. The lowest BCUT2D eigenvalue weighted by atomic mass is 10.1. The molecule has 0 amide bonds. The van der Waals surface area contributed by atoms with Crippen LogP contribution in [0.25, 0.3) is 0 Å². The van der Waals surface area contributed by atoms with E-state index in [9.17, 15) is 18.4 Å². The molecule has 1 N–H and O–H groups in total. The lowest BCUT2D eigenvalue weighted by Crippen LogP contribution is -2.29. The highest BCUT2D eigenvalue weighted by Gasteiger charge is 2.20. The van der Waals surface area contributed by atoms with Gasteiger partial charge in [-0.05, 0) is 49.0 Å². The predicted octanol–water partition coefficient (Wildman–Crippen LogP) is 2.05. The molecule has 0 aliphatic heterocycles. The van der Waals surface area contributed by atoms with Crippen molar-refractivity contribution in [2.75, 3.05) is 11.0 Å². The first-order valence-corrected chi connectivity index (χ1v) is 9.50. The summed E-state index contributed by atoms with van der Waals surface area (Å²) in [6.07, 6.45) is 2.44. The number of nitrogens with one attached hydrogen (secondary N) is 1. The number of carbonyl (C=O) groups is 1. The Bertz CT molecular complexity index is 804. The van der Waals surface area contributed by atoms with Gasteiger partial charge in [-0.15, -0.1) is 0 Å². The Morgan fingerprint density at radius 3 is 2.43 bits per heavy atom. The first kappa shape index (κ1) is 17.3. The third-order valence-corrected chi connectivity index (χ3v) is 4.66. The van der Waals surface area contributed by atoms with Gasteiger partial charge in [-0.1, -0.05) is 0 Å². The van der Waals surface area contributed by atoms with Gasteiger partial charge in [0.2, 0.25) is 10.0 Å². The number of anilines is 1. The standard InChI is InChI=1S/C15H16N2O4S2/c1-11(22-14-5-3-4-10-17(14)19)15(18)12-6-8-13(9-7-12)16-23(2,20)21/h3-11,16H,1-2H3/t11-/m0/s1.